The summed E-state index contributed by atoms with van der Waals surface area (Å²) in [6.45, 7) is 6.69. The van der Waals surface area contributed by atoms with E-state index in [0.29, 0.717) is 0 Å². The van der Waals surface area contributed by atoms with Gasteiger partial charge < -0.3 is 14.6 Å². The molecular weight excluding hydrogens is 338 g/mol. The van der Waals surface area contributed by atoms with Crippen LogP contribution in [-0.4, -0.2) is 43.2 Å². The first-order valence-corrected chi connectivity index (χ1v) is 9.37. The lowest BCUT2D eigenvalue weighted by Gasteiger charge is -2.36. The quantitative estimate of drug-likeness (QED) is 0.774. The number of aromatic nitrogens is 1. The van der Waals surface area contributed by atoms with E-state index in [1.807, 2.05) is 25.1 Å². The minimum Gasteiger partial charge on any atom is -0.495 e. The predicted molar refractivity (Wildman–Crippen MR) is 110 cm³/mol. The zero-order chi connectivity index (χ0) is 18.8. The molecule has 2 aromatic carbocycles. The molecule has 1 saturated heterocycles. The number of fused-ring (bicyclic) bond motifs is 1. The summed E-state index contributed by atoms with van der Waals surface area (Å²) in [7, 11) is 1.72. The van der Waals surface area contributed by atoms with Gasteiger partial charge in [-0.05, 0) is 42.1 Å². The fourth-order valence-corrected chi connectivity index (χ4v) is 3.75. The van der Waals surface area contributed by atoms with E-state index >= 15 is 0 Å². The largest absolute Gasteiger partial charge is 0.495 e. The number of hydrogen-bond acceptors (Lipinski definition) is 4. The van der Waals surface area contributed by atoms with Gasteiger partial charge in [0.25, 0.3) is 5.56 Å². The number of anilines is 1. The number of aryl methyl sites for hydroxylation is 1. The number of para-hydroxylation sites is 2. The van der Waals surface area contributed by atoms with Crippen molar-refractivity contribution in [3.05, 3.63) is 70.0 Å². The van der Waals surface area contributed by atoms with Crippen LogP contribution >= 0.6 is 0 Å². The third-order valence-corrected chi connectivity index (χ3v) is 5.30. The molecule has 0 unspecified atom stereocenters. The molecule has 27 heavy (non-hydrogen) atoms. The first-order chi connectivity index (χ1) is 13.1. The second-order valence-corrected chi connectivity index (χ2v) is 7.14. The minimum absolute atomic E-state index is 0.00919. The number of nitrogens with one attached hydrogen (secondary N) is 1. The van der Waals surface area contributed by atoms with Crippen LogP contribution in [0.5, 0.6) is 5.75 Å². The average molecular weight is 363 g/mol. The van der Waals surface area contributed by atoms with E-state index in [4.69, 9.17) is 4.74 Å². The van der Waals surface area contributed by atoms with Crippen molar-refractivity contribution < 1.29 is 4.74 Å². The van der Waals surface area contributed by atoms with E-state index in [9.17, 15) is 4.79 Å². The number of ether oxygens (including phenoxy) is 1. The molecule has 0 saturated carbocycles. The van der Waals surface area contributed by atoms with Crippen LogP contribution in [0.4, 0.5) is 5.69 Å². The number of aromatic amines is 1. The average Bonchev–Trinajstić information content (AvgIpc) is 2.70. The smallest absolute Gasteiger partial charge is 0.251 e. The van der Waals surface area contributed by atoms with Gasteiger partial charge in [-0.2, -0.15) is 0 Å². The summed E-state index contributed by atoms with van der Waals surface area (Å²) in [5, 5.41) is 1.08. The van der Waals surface area contributed by atoms with Gasteiger partial charge in [-0.15, -0.1) is 0 Å². The van der Waals surface area contributed by atoms with E-state index in [2.05, 4.69) is 45.1 Å². The van der Waals surface area contributed by atoms with Crippen molar-refractivity contribution in [2.75, 3.05) is 38.2 Å². The molecule has 0 spiro atoms. The fourth-order valence-electron chi connectivity index (χ4n) is 3.75. The van der Waals surface area contributed by atoms with Crippen LogP contribution in [0.3, 0.4) is 0 Å². The third kappa shape index (κ3) is 3.69. The molecule has 5 heteroatoms. The van der Waals surface area contributed by atoms with Crippen LogP contribution in [-0.2, 0) is 6.54 Å². The van der Waals surface area contributed by atoms with Crippen LogP contribution in [0, 0.1) is 6.92 Å². The van der Waals surface area contributed by atoms with Crippen molar-refractivity contribution in [2.45, 2.75) is 13.5 Å². The Morgan fingerprint density at radius 2 is 1.81 bits per heavy atom. The maximum Gasteiger partial charge on any atom is 0.251 e. The number of nitrogens with zero attached hydrogens (tertiary/aromatic N) is 2. The molecule has 1 aliphatic heterocycles. The van der Waals surface area contributed by atoms with E-state index in [1.165, 1.54) is 11.3 Å². The molecule has 1 aromatic heterocycles. The first-order valence-electron chi connectivity index (χ1n) is 9.37. The molecule has 1 aliphatic rings. The highest BCUT2D eigenvalue weighted by Gasteiger charge is 2.19. The van der Waals surface area contributed by atoms with E-state index in [0.717, 1.165) is 54.9 Å². The van der Waals surface area contributed by atoms with Crippen LogP contribution < -0.4 is 15.2 Å². The first kappa shape index (κ1) is 17.6. The van der Waals surface area contributed by atoms with Gasteiger partial charge in [-0.3, -0.25) is 9.69 Å². The Hall–Kier alpha value is -2.79. The Morgan fingerprint density at radius 1 is 1.04 bits per heavy atom. The molecule has 140 valence electrons. The number of pyridine rings is 1. The Bertz CT molecular complexity index is 1000. The highest BCUT2D eigenvalue weighted by Crippen LogP contribution is 2.28. The van der Waals surface area contributed by atoms with Gasteiger partial charge in [-0.25, -0.2) is 0 Å². The minimum atomic E-state index is -0.00919. The fraction of sp³-hybridized carbons (Fsp3) is 0.318. The second kappa shape index (κ2) is 7.45. The van der Waals surface area contributed by atoms with E-state index in [-0.39, 0.29) is 5.56 Å². The predicted octanol–water partition coefficient (Wildman–Crippen LogP) is 3.17. The SMILES string of the molecule is COc1ccccc1N1CCN(Cc2ccc3cc(C)c(=O)[nH]c3c2)CC1. The zero-order valence-corrected chi connectivity index (χ0v) is 15.9. The Morgan fingerprint density at radius 3 is 2.59 bits per heavy atom. The zero-order valence-electron chi connectivity index (χ0n) is 15.9. The monoisotopic (exact) mass is 363 g/mol. The molecule has 0 amide bonds. The molecule has 0 atom stereocenters. The molecule has 2 heterocycles. The molecule has 4 rings (SSSR count). The second-order valence-electron chi connectivity index (χ2n) is 7.14. The lowest BCUT2D eigenvalue weighted by molar-refractivity contribution is 0.249. The van der Waals surface area contributed by atoms with Gasteiger partial charge >= 0.3 is 0 Å². The third-order valence-electron chi connectivity index (χ3n) is 5.30. The van der Waals surface area contributed by atoms with Crippen LogP contribution in [0.1, 0.15) is 11.1 Å². The topological polar surface area (TPSA) is 48.6 Å². The number of benzene rings is 2. The van der Waals surface area contributed by atoms with Gasteiger partial charge in [0, 0.05) is 43.8 Å². The Labute approximate surface area is 159 Å². The lowest BCUT2D eigenvalue weighted by Crippen LogP contribution is -2.46. The van der Waals surface area contributed by atoms with Crippen LogP contribution in [0.25, 0.3) is 10.9 Å². The van der Waals surface area contributed by atoms with E-state index < -0.39 is 0 Å². The van der Waals surface area contributed by atoms with Crippen molar-refractivity contribution in [3.8, 4) is 5.75 Å². The van der Waals surface area contributed by atoms with Crippen LogP contribution in [0.15, 0.2) is 53.3 Å². The number of rotatable bonds is 4. The molecule has 1 N–H and O–H groups in total. The normalized spacial score (nSPS) is 15.3. The van der Waals surface area contributed by atoms with Crippen molar-refractivity contribution in [1.82, 2.24) is 9.88 Å². The maximum atomic E-state index is 11.9. The summed E-state index contributed by atoms with van der Waals surface area (Å²) in [5.74, 6) is 0.930. The summed E-state index contributed by atoms with van der Waals surface area (Å²) >= 11 is 0. The van der Waals surface area contributed by atoms with Crippen LogP contribution in [0.2, 0.25) is 0 Å². The summed E-state index contributed by atoms with van der Waals surface area (Å²) in [6.07, 6.45) is 0. The number of methoxy groups -OCH3 is 1. The summed E-state index contributed by atoms with van der Waals surface area (Å²) in [5.41, 5.74) is 4.05. The van der Waals surface area contributed by atoms with Crippen molar-refractivity contribution in [3.63, 3.8) is 0 Å². The number of H-pyrrole nitrogens is 1. The summed E-state index contributed by atoms with van der Waals surface area (Å²) in [4.78, 5) is 19.7. The Balaban J connectivity index is 1.44. The molecule has 1 fully saturated rings. The number of piperazine rings is 1. The standard InChI is InChI=1S/C22H25N3O2/c1-16-13-18-8-7-17(14-19(18)23-22(16)26)15-24-9-11-25(12-10-24)20-5-3-4-6-21(20)27-2/h3-8,13-14H,9-12,15H2,1-2H3,(H,23,26). The maximum absolute atomic E-state index is 11.9. The highest BCUT2D eigenvalue weighted by molar-refractivity contribution is 5.79. The van der Waals surface area contributed by atoms with Crippen molar-refractivity contribution >= 4 is 16.6 Å². The molecule has 3 aromatic rings. The van der Waals surface area contributed by atoms with Gasteiger partial charge in [0.1, 0.15) is 5.75 Å². The summed E-state index contributed by atoms with van der Waals surface area (Å²) < 4.78 is 5.50. The van der Waals surface area contributed by atoms with Gasteiger partial charge in [0.05, 0.1) is 12.8 Å². The lowest BCUT2D eigenvalue weighted by atomic mass is 10.1. The molecule has 0 radical (unpaired) electrons. The molecular formula is C22H25N3O2. The molecule has 5 nitrogen and oxygen atoms in total. The van der Waals surface area contributed by atoms with Gasteiger partial charge in [0.2, 0.25) is 0 Å². The highest BCUT2D eigenvalue weighted by atomic mass is 16.5. The number of hydrogen-bond donors (Lipinski definition) is 1. The summed E-state index contributed by atoms with van der Waals surface area (Å²) in [6, 6.07) is 16.5. The van der Waals surface area contributed by atoms with E-state index in [1.54, 1.807) is 7.11 Å². The van der Waals surface area contributed by atoms with Gasteiger partial charge in [-0.1, -0.05) is 24.3 Å². The van der Waals surface area contributed by atoms with Gasteiger partial charge in [0.15, 0.2) is 0 Å². The molecule has 0 aliphatic carbocycles. The van der Waals surface area contributed by atoms with Crippen molar-refractivity contribution in [2.24, 2.45) is 0 Å². The molecule has 0 bridgehead atoms. The van der Waals surface area contributed by atoms with Crippen molar-refractivity contribution in [1.29, 1.82) is 0 Å². The Kier molecular flexibility index (Phi) is 4.86.